The van der Waals surface area contributed by atoms with E-state index in [2.05, 4.69) is 38.0 Å². The van der Waals surface area contributed by atoms with E-state index >= 15 is 0 Å². The molecule has 0 saturated carbocycles. The topological polar surface area (TPSA) is 25.8 Å². The van der Waals surface area contributed by atoms with Crippen LogP contribution in [0.1, 0.15) is 11.4 Å². The Morgan fingerprint density at radius 1 is 1.12 bits per heavy atom. The molecule has 0 aliphatic carbocycles. The van der Waals surface area contributed by atoms with E-state index in [9.17, 15) is 0 Å². The summed E-state index contributed by atoms with van der Waals surface area (Å²) in [5, 5.41) is 0.470. The van der Waals surface area contributed by atoms with Crippen molar-refractivity contribution in [3.63, 3.8) is 0 Å². The monoisotopic (exact) mass is 296 g/mol. The van der Waals surface area contributed by atoms with Crippen molar-refractivity contribution in [3.05, 3.63) is 57.5 Å². The van der Waals surface area contributed by atoms with Crippen molar-refractivity contribution in [1.29, 1.82) is 0 Å². The fraction of sp³-hybridized carbons (Fsp3) is 0.167. The minimum Gasteiger partial charge on any atom is -0.240 e. The lowest BCUT2D eigenvalue weighted by molar-refractivity contribution is 0.855. The van der Waals surface area contributed by atoms with Crippen molar-refractivity contribution in [3.8, 4) is 0 Å². The molecule has 0 amide bonds. The minimum absolute atomic E-state index is 0.470. The Bertz CT molecular complexity index is 474. The van der Waals surface area contributed by atoms with Gasteiger partial charge in [0.05, 0.1) is 4.47 Å². The lowest BCUT2D eigenvalue weighted by Gasteiger charge is -2.01. The maximum absolute atomic E-state index is 5.90. The number of aromatic nitrogens is 2. The summed E-state index contributed by atoms with van der Waals surface area (Å²) in [6, 6.07) is 10.3. The molecule has 16 heavy (non-hydrogen) atoms. The van der Waals surface area contributed by atoms with Crippen LogP contribution in [0.25, 0.3) is 0 Å². The zero-order chi connectivity index (χ0) is 11.4. The molecule has 0 aliphatic rings. The summed E-state index contributed by atoms with van der Waals surface area (Å²) in [4.78, 5) is 8.41. The van der Waals surface area contributed by atoms with E-state index in [1.54, 1.807) is 6.20 Å². The molecule has 0 atom stereocenters. The van der Waals surface area contributed by atoms with Crippen LogP contribution < -0.4 is 0 Å². The van der Waals surface area contributed by atoms with Crippen molar-refractivity contribution >= 4 is 27.5 Å². The second kappa shape index (κ2) is 5.41. The molecule has 2 rings (SSSR count). The summed E-state index contributed by atoms with van der Waals surface area (Å²) in [5.41, 5.74) is 1.28. The Balaban J connectivity index is 2.03. The first-order chi connectivity index (χ1) is 7.75. The minimum atomic E-state index is 0.470. The van der Waals surface area contributed by atoms with Gasteiger partial charge in [-0.25, -0.2) is 9.97 Å². The van der Waals surface area contributed by atoms with E-state index < -0.39 is 0 Å². The highest BCUT2D eigenvalue weighted by Gasteiger charge is 2.02. The highest BCUT2D eigenvalue weighted by atomic mass is 79.9. The average molecular weight is 298 g/mol. The maximum Gasteiger partial charge on any atom is 0.146 e. The van der Waals surface area contributed by atoms with Crippen molar-refractivity contribution in [2.24, 2.45) is 0 Å². The average Bonchev–Trinajstić information content (AvgIpc) is 2.32. The van der Waals surface area contributed by atoms with E-state index in [-0.39, 0.29) is 0 Å². The van der Waals surface area contributed by atoms with Crippen molar-refractivity contribution < 1.29 is 0 Å². The van der Waals surface area contributed by atoms with Gasteiger partial charge in [0.2, 0.25) is 0 Å². The molecule has 0 unspecified atom stereocenters. The third-order valence-electron chi connectivity index (χ3n) is 2.23. The third-order valence-corrected chi connectivity index (χ3v) is 3.33. The Morgan fingerprint density at radius 3 is 2.56 bits per heavy atom. The molecule has 4 heteroatoms. The molecule has 0 radical (unpaired) electrons. The van der Waals surface area contributed by atoms with Gasteiger partial charge in [0.15, 0.2) is 0 Å². The zero-order valence-electron chi connectivity index (χ0n) is 8.53. The van der Waals surface area contributed by atoms with Gasteiger partial charge in [0.25, 0.3) is 0 Å². The zero-order valence-corrected chi connectivity index (χ0v) is 10.9. The van der Waals surface area contributed by atoms with Gasteiger partial charge in [-0.2, -0.15) is 0 Å². The molecular formula is C12H10BrClN2. The van der Waals surface area contributed by atoms with Gasteiger partial charge in [0, 0.05) is 12.6 Å². The molecule has 1 aromatic carbocycles. The van der Waals surface area contributed by atoms with Crippen molar-refractivity contribution in [1.82, 2.24) is 9.97 Å². The van der Waals surface area contributed by atoms with Gasteiger partial charge in [-0.15, -0.1) is 0 Å². The normalized spacial score (nSPS) is 10.4. The van der Waals surface area contributed by atoms with Crippen LogP contribution in [-0.4, -0.2) is 9.97 Å². The smallest absolute Gasteiger partial charge is 0.146 e. The van der Waals surface area contributed by atoms with E-state index in [4.69, 9.17) is 11.6 Å². The van der Waals surface area contributed by atoms with E-state index in [0.29, 0.717) is 5.15 Å². The van der Waals surface area contributed by atoms with Crippen LogP contribution in [0.2, 0.25) is 5.15 Å². The van der Waals surface area contributed by atoms with Crippen LogP contribution in [0.3, 0.4) is 0 Å². The first-order valence-corrected chi connectivity index (χ1v) is 6.13. The summed E-state index contributed by atoms with van der Waals surface area (Å²) >= 11 is 9.17. The summed E-state index contributed by atoms with van der Waals surface area (Å²) in [6.45, 7) is 0. The van der Waals surface area contributed by atoms with Gasteiger partial charge in [-0.05, 0) is 27.9 Å². The molecule has 1 heterocycles. The largest absolute Gasteiger partial charge is 0.240 e. The fourth-order valence-corrected chi connectivity index (χ4v) is 1.74. The maximum atomic E-state index is 5.90. The molecule has 0 fully saturated rings. The number of hydrogen-bond acceptors (Lipinski definition) is 2. The molecule has 0 saturated heterocycles. The molecular weight excluding hydrogens is 288 g/mol. The number of rotatable bonds is 3. The highest BCUT2D eigenvalue weighted by Crippen LogP contribution is 2.18. The molecule has 0 N–H and O–H groups in total. The van der Waals surface area contributed by atoms with Crippen molar-refractivity contribution in [2.75, 3.05) is 0 Å². The number of benzene rings is 1. The van der Waals surface area contributed by atoms with Gasteiger partial charge in [-0.3, -0.25) is 0 Å². The van der Waals surface area contributed by atoms with E-state index in [1.165, 1.54) is 5.56 Å². The second-order valence-electron chi connectivity index (χ2n) is 3.41. The first-order valence-electron chi connectivity index (χ1n) is 4.96. The molecule has 82 valence electrons. The summed E-state index contributed by atoms with van der Waals surface area (Å²) in [6.07, 6.45) is 3.42. The summed E-state index contributed by atoms with van der Waals surface area (Å²) in [7, 11) is 0. The standard InChI is InChI=1S/C12H10BrClN2/c13-10-8-15-11(16-12(10)14)7-6-9-4-2-1-3-5-9/h1-5,8H,6-7H2. The first kappa shape index (κ1) is 11.6. The van der Waals surface area contributed by atoms with Gasteiger partial charge in [-0.1, -0.05) is 41.9 Å². The molecule has 2 nitrogen and oxygen atoms in total. The number of nitrogens with zero attached hydrogens (tertiary/aromatic N) is 2. The van der Waals surface area contributed by atoms with Crippen LogP contribution in [0.15, 0.2) is 41.0 Å². The number of halogens is 2. The lowest BCUT2D eigenvalue weighted by atomic mass is 10.1. The number of aryl methyl sites for hydroxylation is 2. The third kappa shape index (κ3) is 3.03. The van der Waals surface area contributed by atoms with Crippen LogP contribution in [-0.2, 0) is 12.8 Å². The number of hydrogen-bond donors (Lipinski definition) is 0. The van der Waals surface area contributed by atoms with Crippen molar-refractivity contribution in [2.45, 2.75) is 12.8 Å². The molecule has 1 aromatic heterocycles. The Morgan fingerprint density at radius 2 is 1.88 bits per heavy atom. The Hall–Kier alpha value is -0.930. The van der Waals surface area contributed by atoms with Gasteiger partial charge < -0.3 is 0 Å². The van der Waals surface area contributed by atoms with Gasteiger partial charge >= 0.3 is 0 Å². The molecule has 2 aromatic rings. The Kier molecular flexibility index (Phi) is 3.91. The molecule has 0 spiro atoms. The van der Waals surface area contributed by atoms with Crippen LogP contribution in [0.4, 0.5) is 0 Å². The molecule has 0 bridgehead atoms. The quantitative estimate of drug-likeness (QED) is 0.808. The lowest BCUT2D eigenvalue weighted by Crippen LogP contribution is -1.98. The van der Waals surface area contributed by atoms with E-state index in [1.807, 2.05) is 18.2 Å². The predicted octanol–water partition coefficient (Wildman–Crippen LogP) is 3.68. The SMILES string of the molecule is Clc1nc(CCc2ccccc2)ncc1Br. The van der Waals surface area contributed by atoms with Crippen LogP contribution in [0.5, 0.6) is 0 Å². The van der Waals surface area contributed by atoms with E-state index in [0.717, 1.165) is 23.1 Å². The van der Waals surface area contributed by atoms with Crippen LogP contribution >= 0.6 is 27.5 Å². The van der Waals surface area contributed by atoms with Gasteiger partial charge in [0.1, 0.15) is 11.0 Å². The summed E-state index contributed by atoms with van der Waals surface area (Å²) in [5.74, 6) is 0.775. The van der Waals surface area contributed by atoms with Crippen LogP contribution in [0, 0.1) is 0 Å². The Labute approximate surface area is 108 Å². The highest BCUT2D eigenvalue weighted by molar-refractivity contribution is 9.10. The molecule has 0 aliphatic heterocycles. The second-order valence-corrected chi connectivity index (χ2v) is 4.62. The fourth-order valence-electron chi connectivity index (χ4n) is 1.40. The summed E-state index contributed by atoms with van der Waals surface area (Å²) < 4.78 is 0.734. The predicted molar refractivity (Wildman–Crippen MR) is 68.6 cm³/mol.